The van der Waals surface area contributed by atoms with Gasteiger partial charge in [0.15, 0.2) is 11.5 Å². The lowest BCUT2D eigenvalue weighted by molar-refractivity contribution is -0.122. The van der Waals surface area contributed by atoms with E-state index >= 15 is 0 Å². The smallest absolute Gasteiger partial charge is 0.231 e. The minimum atomic E-state index is 0. The van der Waals surface area contributed by atoms with Crippen molar-refractivity contribution in [1.29, 1.82) is 0 Å². The molecule has 0 radical (unpaired) electrons. The summed E-state index contributed by atoms with van der Waals surface area (Å²) in [7, 11) is 0. The molecule has 3 N–H and O–H groups in total. The number of hydrogen-bond acceptors (Lipinski definition) is 4. The van der Waals surface area contributed by atoms with Crippen molar-refractivity contribution in [1.82, 2.24) is 5.32 Å². The highest BCUT2D eigenvalue weighted by Gasteiger charge is 2.24. The van der Waals surface area contributed by atoms with Crippen LogP contribution in [0, 0.1) is 5.92 Å². The molecule has 0 saturated heterocycles. The molecule has 1 fully saturated rings. The fraction of sp³-hybridized carbons (Fsp3) is 0.562. The second-order valence-corrected chi connectivity index (χ2v) is 5.84. The van der Waals surface area contributed by atoms with Gasteiger partial charge in [-0.25, -0.2) is 0 Å². The molecule has 3 rings (SSSR count). The number of ether oxygens (including phenoxy) is 2. The molecule has 1 aliphatic carbocycles. The van der Waals surface area contributed by atoms with Crippen LogP contribution in [0.15, 0.2) is 18.2 Å². The topological polar surface area (TPSA) is 73.6 Å². The number of carbonyl (C=O) groups is 1. The Labute approximate surface area is 137 Å². The van der Waals surface area contributed by atoms with Gasteiger partial charge in [-0.05, 0) is 24.8 Å². The third kappa shape index (κ3) is 3.84. The molecule has 1 amide bonds. The number of amides is 1. The fourth-order valence-electron chi connectivity index (χ4n) is 3.12. The van der Waals surface area contributed by atoms with Gasteiger partial charge in [0.1, 0.15) is 0 Å². The number of para-hydroxylation sites is 1. The molecule has 122 valence electrons. The summed E-state index contributed by atoms with van der Waals surface area (Å²) in [6, 6.07) is 5.89. The molecule has 2 atom stereocenters. The lowest BCUT2D eigenvalue weighted by Gasteiger charge is -2.27. The monoisotopic (exact) mass is 326 g/mol. The van der Waals surface area contributed by atoms with E-state index in [1.54, 1.807) is 0 Å². The summed E-state index contributed by atoms with van der Waals surface area (Å²) in [5, 5.41) is 2.97. The Morgan fingerprint density at radius 3 is 2.91 bits per heavy atom. The van der Waals surface area contributed by atoms with Crippen LogP contribution in [-0.4, -0.2) is 18.7 Å². The number of fused-ring (bicyclic) bond motifs is 1. The van der Waals surface area contributed by atoms with E-state index in [1.165, 1.54) is 12.8 Å². The van der Waals surface area contributed by atoms with Crippen molar-refractivity contribution in [2.45, 2.75) is 44.7 Å². The van der Waals surface area contributed by atoms with Gasteiger partial charge in [-0.15, -0.1) is 12.4 Å². The molecule has 1 saturated carbocycles. The van der Waals surface area contributed by atoms with Crippen molar-refractivity contribution >= 4 is 18.3 Å². The first-order chi connectivity index (χ1) is 10.2. The number of nitrogens with one attached hydrogen (secondary N) is 1. The second-order valence-electron chi connectivity index (χ2n) is 5.84. The first-order valence-corrected chi connectivity index (χ1v) is 7.64. The van der Waals surface area contributed by atoms with Crippen LogP contribution in [0.2, 0.25) is 0 Å². The number of carbonyl (C=O) groups excluding carboxylic acids is 1. The Bertz CT molecular complexity index is 524. The molecular formula is C16H23ClN2O3. The second kappa shape index (κ2) is 7.70. The molecule has 1 aromatic carbocycles. The van der Waals surface area contributed by atoms with E-state index < -0.39 is 0 Å². The van der Waals surface area contributed by atoms with Crippen molar-refractivity contribution in [2.24, 2.45) is 11.7 Å². The predicted molar refractivity (Wildman–Crippen MR) is 86.2 cm³/mol. The van der Waals surface area contributed by atoms with E-state index in [0.717, 1.165) is 29.9 Å². The van der Waals surface area contributed by atoms with Gasteiger partial charge in [0.2, 0.25) is 12.7 Å². The lowest BCUT2D eigenvalue weighted by atomic mass is 9.83. The number of benzene rings is 1. The molecule has 1 heterocycles. The highest BCUT2D eigenvalue weighted by Crippen LogP contribution is 2.35. The molecular weight excluding hydrogens is 304 g/mol. The quantitative estimate of drug-likeness (QED) is 0.890. The molecule has 2 unspecified atom stereocenters. The van der Waals surface area contributed by atoms with Crippen LogP contribution in [0.1, 0.15) is 37.7 Å². The van der Waals surface area contributed by atoms with Crippen LogP contribution >= 0.6 is 12.4 Å². The Kier molecular flexibility index (Phi) is 5.91. The number of hydrogen-bond donors (Lipinski definition) is 2. The SMILES string of the molecule is Cl.NC1CCCCC1CC(=O)NCc1cccc2c1OCO2. The summed E-state index contributed by atoms with van der Waals surface area (Å²) < 4.78 is 10.8. The Morgan fingerprint density at radius 2 is 2.09 bits per heavy atom. The van der Waals surface area contributed by atoms with Crippen LogP contribution in [0.3, 0.4) is 0 Å². The zero-order valence-electron chi connectivity index (χ0n) is 12.5. The summed E-state index contributed by atoms with van der Waals surface area (Å²) in [4.78, 5) is 12.1. The lowest BCUT2D eigenvalue weighted by Crippen LogP contribution is -2.37. The minimum absolute atomic E-state index is 0. The van der Waals surface area contributed by atoms with Crippen molar-refractivity contribution in [3.8, 4) is 11.5 Å². The average Bonchev–Trinajstić information content (AvgIpc) is 2.96. The summed E-state index contributed by atoms with van der Waals surface area (Å²) in [5.41, 5.74) is 7.04. The van der Waals surface area contributed by atoms with E-state index in [4.69, 9.17) is 15.2 Å². The molecule has 2 aliphatic rings. The zero-order valence-corrected chi connectivity index (χ0v) is 13.4. The van der Waals surface area contributed by atoms with Crippen molar-refractivity contribution in [2.75, 3.05) is 6.79 Å². The van der Waals surface area contributed by atoms with Gasteiger partial charge in [-0.1, -0.05) is 25.0 Å². The van der Waals surface area contributed by atoms with E-state index in [0.29, 0.717) is 18.9 Å². The average molecular weight is 327 g/mol. The number of nitrogens with two attached hydrogens (primary N) is 1. The van der Waals surface area contributed by atoms with Gasteiger partial charge < -0.3 is 20.5 Å². The minimum Gasteiger partial charge on any atom is -0.454 e. The summed E-state index contributed by atoms with van der Waals surface area (Å²) >= 11 is 0. The van der Waals surface area contributed by atoms with Gasteiger partial charge in [0.25, 0.3) is 0 Å². The number of halogens is 1. The van der Waals surface area contributed by atoms with Crippen LogP contribution < -0.4 is 20.5 Å². The molecule has 0 bridgehead atoms. The van der Waals surface area contributed by atoms with Crippen LogP contribution in [-0.2, 0) is 11.3 Å². The third-order valence-corrected chi connectivity index (χ3v) is 4.37. The van der Waals surface area contributed by atoms with E-state index in [2.05, 4.69) is 5.32 Å². The van der Waals surface area contributed by atoms with Crippen LogP contribution in [0.5, 0.6) is 11.5 Å². The highest BCUT2D eigenvalue weighted by molar-refractivity contribution is 5.85. The maximum atomic E-state index is 12.1. The van der Waals surface area contributed by atoms with Crippen LogP contribution in [0.4, 0.5) is 0 Å². The van der Waals surface area contributed by atoms with E-state index in [1.807, 2.05) is 18.2 Å². The Hall–Kier alpha value is -1.46. The van der Waals surface area contributed by atoms with E-state index in [9.17, 15) is 4.79 Å². The van der Waals surface area contributed by atoms with Gasteiger partial charge in [-0.2, -0.15) is 0 Å². The van der Waals surface area contributed by atoms with Crippen LogP contribution in [0.25, 0.3) is 0 Å². The molecule has 1 aromatic rings. The van der Waals surface area contributed by atoms with Gasteiger partial charge in [0, 0.05) is 24.6 Å². The van der Waals surface area contributed by atoms with Crippen molar-refractivity contribution in [3.63, 3.8) is 0 Å². The maximum Gasteiger partial charge on any atom is 0.231 e. The van der Waals surface area contributed by atoms with Crippen molar-refractivity contribution < 1.29 is 14.3 Å². The Morgan fingerprint density at radius 1 is 1.27 bits per heavy atom. The summed E-state index contributed by atoms with van der Waals surface area (Å²) in [6.45, 7) is 0.713. The highest BCUT2D eigenvalue weighted by atomic mass is 35.5. The van der Waals surface area contributed by atoms with Crippen molar-refractivity contribution in [3.05, 3.63) is 23.8 Å². The normalized spacial score (nSPS) is 22.8. The fourth-order valence-corrected chi connectivity index (χ4v) is 3.12. The Balaban J connectivity index is 0.00000176. The third-order valence-electron chi connectivity index (χ3n) is 4.37. The molecule has 0 spiro atoms. The molecule has 5 nitrogen and oxygen atoms in total. The standard InChI is InChI=1S/C16H22N2O3.ClH/c17-13-6-2-1-4-11(13)8-15(19)18-9-12-5-3-7-14-16(12)21-10-20-14;/h3,5,7,11,13H,1-2,4,6,8-10,17H2,(H,18,19);1H. The molecule has 22 heavy (non-hydrogen) atoms. The zero-order chi connectivity index (χ0) is 14.7. The number of rotatable bonds is 4. The first kappa shape index (κ1) is 16.9. The molecule has 0 aromatic heterocycles. The van der Waals surface area contributed by atoms with Gasteiger partial charge >= 0.3 is 0 Å². The first-order valence-electron chi connectivity index (χ1n) is 7.64. The maximum absolute atomic E-state index is 12.1. The molecule has 6 heteroatoms. The van der Waals surface area contributed by atoms with E-state index in [-0.39, 0.29) is 31.1 Å². The van der Waals surface area contributed by atoms with Gasteiger partial charge in [0.05, 0.1) is 0 Å². The summed E-state index contributed by atoms with van der Waals surface area (Å²) in [6.07, 6.45) is 4.99. The predicted octanol–water partition coefficient (Wildman–Crippen LogP) is 2.36. The van der Waals surface area contributed by atoms with Gasteiger partial charge in [-0.3, -0.25) is 4.79 Å². The molecule has 1 aliphatic heterocycles. The summed E-state index contributed by atoms with van der Waals surface area (Å²) in [5.74, 6) is 1.87. The largest absolute Gasteiger partial charge is 0.454 e.